The zero-order chi connectivity index (χ0) is 13.3. The van der Waals surface area contributed by atoms with Gasteiger partial charge in [0, 0.05) is 31.9 Å². The van der Waals surface area contributed by atoms with Crippen LogP contribution in [0.2, 0.25) is 0 Å². The van der Waals surface area contributed by atoms with Crippen molar-refractivity contribution in [3.63, 3.8) is 0 Å². The van der Waals surface area contributed by atoms with Crippen molar-refractivity contribution in [1.82, 2.24) is 9.21 Å². The molecule has 0 spiro atoms. The zero-order valence-corrected chi connectivity index (χ0v) is 11.6. The van der Waals surface area contributed by atoms with Gasteiger partial charge in [-0.1, -0.05) is 6.07 Å². The minimum absolute atomic E-state index is 0.326. The quantitative estimate of drug-likeness (QED) is 0.795. The molecule has 0 aliphatic carbocycles. The van der Waals surface area contributed by atoms with E-state index in [4.69, 9.17) is 5.73 Å². The van der Waals surface area contributed by atoms with Crippen LogP contribution in [0.1, 0.15) is 5.56 Å². The number of sulfonamides is 1. The van der Waals surface area contributed by atoms with Crippen molar-refractivity contribution >= 4 is 15.7 Å². The van der Waals surface area contributed by atoms with E-state index in [1.165, 1.54) is 4.31 Å². The van der Waals surface area contributed by atoms with Crippen molar-refractivity contribution in [2.24, 2.45) is 0 Å². The highest BCUT2D eigenvalue weighted by atomic mass is 32.2. The van der Waals surface area contributed by atoms with E-state index in [9.17, 15) is 8.42 Å². The number of likely N-dealkylation sites (N-methyl/N-ethyl adjacent to an activating group) is 1. The Morgan fingerprint density at radius 3 is 2.39 bits per heavy atom. The number of nitrogen functional groups attached to an aromatic ring is 1. The Balaban J connectivity index is 2.34. The molecular formula is C12H19N3O2S. The highest BCUT2D eigenvalue weighted by molar-refractivity contribution is 7.89. The third-order valence-electron chi connectivity index (χ3n) is 3.41. The monoisotopic (exact) mass is 269 g/mol. The molecule has 2 rings (SSSR count). The lowest BCUT2D eigenvalue weighted by molar-refractivity contribution is 0.222. The van der Waals surface area contributed by atoms with Crippen LogP contribution in [0.3, 0.4) is 0 Å². The van der Waals surface area contributed by atoms with E-state index in [-0.39, 0.29) is 0 Å². The fraction of sp³-hybridized carbons (Fsp3) is 0.500. The molecule has 18 heavy (non-hydrogen) atoms. The minimum Gasteiger partial charge on any atom is -0.398 e. The van der Waals surface area contributed by atoms with Gasteiger partial charge in [-0.3, -0.25) is 0 Å². The molecule has 6 heteroatoms. The number of piperazine rings is 1. The average Bonchev–Trinajstić information content (AvgIpc) is 2.33. The molecule has 0 bridgehead atoms. The summed E-state index contributed by atoms with van der Waals surface area (Å²) in [5.41, 5.74) is 6.93. The van der Waals surface area contributed by atoms with E-state index in [1.54, 1.807) is 25.1 Å². The molecule has 0 aromatic heterocycles. The summed E-state index contributed by atoms with van der Waals surface area (Å²) in [6.45, 7) is 4.35. The molecular weight excluding hydrogens is 250 g/mol. The molecule has 0 radical (unpaired) electrons. The molecule has 1 aliphatic heterocycles. The van der Waals surface area contributed by atoms with Gasteiger partial charge in [0.2, 0.25) is 10.0 Å². The maximum atomic E-state index is 12.5. The van der Waals surface area contributed by atoms with E-state index >= 15 is 0 Å². The van der Waals surface area contributed by atoms with Gasteiger partial charge in [-0.2, -0.15) is 4.31 Å². The highest BCUT2D eigenvalue weighted by Gasteiger charge is 2.28. The second-order valence-corrected chi connectivity index (χ2v) is 6.58. The van der Waals surface area contributed by atoms with Gasteiger partial charge in [-0.05, 0) is 31.7 Å². The largest absolute Gasteiger partial charge is 0.398 e. The molecule has 100 valence electrons. The maximum absolute atomic E-state index is 12.5. The molecule has 1 aromatic carbocycles. The first kappa shape index (κ1) is 13.3. The van der Waals surface area contributed by atoms with Crippen molar-refractivity contribution in [2.45, 2.75) is 11.8 Å². The molecule has 1 aliphatic rings. The summed E-state index contributed by atoms with van der Waals surface area (Å²) in [5.74, 6) is 0. The maximum Gasteiger partial charge on any atom is 0.243 e. The number of nitrogens with two attached hydrogens (primary N) is 1. The van der Waals surface area contributed by atoms with Gasteiger partial charge in [0.05, 0.1) is 4.90 Å². The van der Waals surface area contributed by atoms with E-state index in [1.807, 2.05) is 7.05 Å². The SMILES string of the molecule is Cc1c(N)cccc1S(=O)(=O)N1CCN(C)CC1. The lowest BCUT2D eigenvalue weighted by atomic mass is 10.2. The van der Waals surface area contributed by atoms with E-state index in [2.05, 4.69) is 4.90 Å². The van der Waals surface area contributed by atoms with Crippen LogP contribution in [-0.2, 0) is 10.0 Å². The Morgan fingerprint density at radius 1 is 1.17 bits per heavy atom. The Hall–Kier alpha value is -1.11. The van der Waals surface area contributed by atoms with Crippen LogP contribution in [0, 0.1) is 6.92 Å². The highest BCUT2D eigenvalue weighted by Crippen LogP contribution is 2.24. The van der Waals surface area contributed by atoms with Gasteiger partial charge in [-0.15, -0.1) is 0 Å². The van der Waals surface area contributed by atoms with Crippen LogP contribution in [0.5, 0.6) is 0 Å². The zero-order valence-electron chi connectivity index (χ0n) is 10.8. The van der Waals surface area contributed by atoms with Gasteiger partial charge in [0.1, 0.15) is 0 Å². The fourth-order valence-electron chi connectivity index (χ4n) is 2.08. The van der Waals surface area contributed by atoms with Crippen molar-refractivity contribution < 1.29 is 8.42 Å². The van der Waals surface area contributed by atoms with Gasteiger partial charge < -0.3 is 10.6 Å². The number of benzene rings is 1. The van der Waals surface area contributed by atoms with Gasteiger partial charge >= 0.3 is 0 Å². The van der Waals surface area contributed by atoms with Crippen LogP contribution < -0.4 is 5.73 Å². The van der Waals surface area contributed by atoms with Crippen molar-refractivity contribution in [3.8, 4) is 0 Å². The predicted molar refractivity (Wildman–Crippen MR) is 71.8 cm³/mol. The summed E-state index contributed by atoms with van der Waals surface area (Å²) < 4.78 is 26.6. The molecule has 5 nitrogen and oxygen atoms in total. The van der Waals surface area contributed by atoms with Crippen LogP contribution >= 0.6 is 0 Å². The molecule has 1 fully saturated rings. The average molecular weight is 269 g/mol. The number of nitrogens with zero attached hydrogens (tertiary/aromatic N) is 2. The lowest BCUT2D eigenvalue weighted by Crippen LogP contribution is -2.47. The summed E-state index contributed by atoms with van der Waals surface area (Å²) in [6.07, 6.45) is 0. The number of hydrogen-bond acceptors (Lipinski definition) is 4. The fourth-order valence-corrected chi connectivity index (χ4v) is 3.76. The lowest BCUT2D eigenvalue weighted by Gasteiger charge is -2.32. The summed E-state index contributed by atoms with van der Waals surface area (Å²) in [4.78, 5) is 2.45. The van der Waals surface area contributed by atoms with Gasteiger partial charge in [0.15, 0.2) is 0 Å². The van der Waals surface area contributed by atoms with Crippen molar-refractivity contribution in [3.05, 3.63) is 23.8 Å². The number of anilines is 1. The molecule has 1 saturated heterocycles. The number of rotatable bonds is 2. The normalized spacial score (nSPS) is 19.0. The van der Waals surface area contributed by atoms with Crippen LogP contribution in [0.4, 0.5) is 5.69 Å². The van der Waals surface area contributed by atoms with Crippen molar-refractivity contribution in [1.29, 1.82) is 0 Å². The number of hydrogen-bond donors (Lipinski definition) is 1. The molecule has 0 saturated carbocycles. The van der Waals surface area contributed by atoms with Crippen LogP contribution in [-0.4, -0.2) is 50.8 Å². The van der Waals surface area contributed by atoms with Crippen LogP contribution in [0.25, 0.3) is 0 Å². The Kier molecular flexibility index (Phi) is 3.61. The minimum atomic E-state index is -3.41. The van der Waals surface area contributed by atoms with E-state index in [0.717, 1.165) is 13.1 Å². The Bertz CT molecular complexity index is 534. The molecule has 1 heterocycles. The third kappa shape index (κ3) is 2.36. The standard InChI is InChI=1S/C12H19N3O2S/c1-10-11(13)4-3-5-12(10)18(16,17)15-8-6-14(2)7-9-15/h3-5H,6-9,13H2,1-2H3. The first-order valence-corrected chi connectivity index (χ1v) is 7.40. The van der Waals surface area contributed by atoms with Gasteiger partial charge in [0.25, 0.3) is 0 Å². The molecule has 2 N–H and O–H groups in total. The summed E-state index contributed by atoms with van der Waals surface area (Å²) in [6, 6.07) is 5.03. The first-order valence-electron chi connectivity index (χ1n) is 5.96. The summed E-state index contributed by atoms with van der Waals surface area (Å²) in [5, 5.41) is 0. The summed E-state index contributed by atoms with van der Waals surface area (Å²) >= 11 is 0. The van der Waals surface area contributed by atoms with Crippen LogP contribution in [0.15, 0.2) is 23.1 Å². The third-order valence-corrected chi connectivity index (χ3v) is 5.45. The first-order chi connectivity index (χ1) is 8.43. The topological polar surface area (TPSA) is 66.6 Å². The second-order valence-electron chi connectivity index (χ2n) is 4.68. The smallest absolute Gasteiger partial charge is 0.243 e. The molecule has 0 atom stereocenters. The molecule has 0 amide bonds. The Labute approximate surface area is 108 Å². The van der Waals surface area contributed by atoms with E-state index in [0.29, 0.717) is 29.2 Å². The Morgan fingerprint density at radius 2 is 1.78 bits per heavy atom. The molecule has 0 unspecified atom stereocenters. The predicted octanol–water partition coefficient (Wildman–Crippen LogP) is 0.513. The molecule has 1 aromatic rings. The van der Waals surface area contributed by atoms with Crippen molar-refractivity contribution in [2.75, 3.05) is 39.0 Å². The summed E-state index contributed by atoms with van der Waals surface area (Å²) in [7, 11) is -1.42. The van der Waals surface area contributed by atoms with E-state index < -0.39 is 10.0 Å². The van der Waals surface area contributed by atoms with Gasteiger partial charge in [-0.25, -0.2) is 8.42 Å². The second kappa shape index (κ2) is 4.87.